The Morgan fingerprint density at radius 2 is 1.73 bits per heavy atom. The van der Waals surface area contributed by atoms with Gasteiger partial charge in [0, 0.05) is 11.5 Å². The van der Waals surface area contributed by atoms with Crippen LogP contribution >= 0.6 is 23.2 Å². The first kappa shape index (κ1) is 20.1. The molecule has 0 saturated carbocycles. The Bertz CT molecular complexity index is 819. The van der Waals surface area contributed by atoms with E-state index in [1.54, 1.807) is 24.3 Å². The summed E-state index contributed by atoms with van der Waals surface area (Å²) in [7, 11) is 0. The van der Waals surface area contributed by atoms with Gasteiger partial charge >= 0.3 is 0 Å². The van der Waals surface area contributed by atoms with Gasteiger partial charge in [-0.15, -0.1) is 0 Å². The van der Waals surface area contributed by atoms with Crippen molar-refractivity contribution in [1.82, 2.24) is 0 Å². The molecule has 0 spiro atoms. The molecule has 0 unspecified atom stereocenters. The predicted octanol–water partition coefficient (Wildman–Crippen LogP) is 5.61. The minimum absolute atomic E-state index is 0.0256. The highest BCUT2D eigenvalue weighted by atomic mass is 35.5. The van der Waals surface area contributed by atoms with Gasteiger partial charge in [0.15, 0.2) is 5.78 Å². The number of rotatable bonds is 7. The van der Waals surface area contributed by atoms with Gasteiger partial charge < -0.3 is 10.5 Å². The van der Waals surface area contributed by atoms with E-state index in [9.17, 15) is 4.79 Å². The van der Waals surface area contributed by atoms with Crippen molar-refractivity contribution in [3.8, 4) is 5.75 Å². The van der Waals surface area contributed by atoms with Crippen molar-refractivity contribution in [2.24, 2.45) is 11.7 Å². The Balaban J connectivity index is 2.39. The number of carbonyl (C=O) groups is 1. The van der Waals surface area contributed by atoms with Crippen LogP contribution in [-0.2, 0) is 4.79 Å². The van der Waals surface area contributed by atoms with E-state index in [0.717, 1.165) is 5.56 Å². The Kier molecular flexibility index (Phi) is 6.90. The van der Waals surface area contributed by atoms with Crippen LogP contribution in [0.5, 0.6) is 5.75 Å². The first-order valence-corrected chi connectivity index (χ1v) is 8.93. The van der Waals surface area contributed by atoms with Crippen molar-refractivity contribution in [2.75, 3.05) is 6.61 Å². The number of benzene rings is 2. The van der Waals surface area contributed by atoms with Gasteiger partial charge in [-0.3, -0.25) is 4.79 Å². The summed E-state index contributed by atoms with van der Waals surface area (Å²) in [4.78, 5) is 12.7. The summed E-state index contributed by atoms with van der Waals surface area (Å²) in [5.41, 5.74) is 8.30. The number of ketones is 1. The Morgan fingerprint density at radius 3 is 2.23 bits per heavy atom. The van der Waals surface area contributed by atoms with Crippen molar-refractivity contribution in [1.29, 1.82) is 0 Å². The van der Waals surface area contributed by atoms with Crippen molar-refractivity contribution in [3.63, 3.8) is 0 Å². The summed E-state index contributed by atoms with van der Waals surface area (Å²) < 4.78 is 5.78. The summed E-state index contributed by atoms with van der Waals surface area (Å²) in [6.45, 7) is 7.36. The number of nitrogens with two attached hydrogens (primary N) is 1. The monoisotopic (exact) mass is 389 g/mol. The molecule has 0 radical (unpaired) electrons. The third kappa shape index (κ3) is 4.69. The standard InChI is InChI=1S/C21H21Cl2NO2/c1-4-14-8-10-15(11-9-14)26-12-16(21(25)13(2)3)20(24)19-17(22)6-5-7-18(19)23/h4-11,13H,1,12,24H2,2-3H3. The van der Waals surface area contributed by atoms with Crippen molar-refractivity contribution in [2.45, 2.75) is 13.8 Å². The van der Waals surface area contributed by atoms with E-state index in [-0.39, 0.29) is 24.0 Å². The fourth-order valence-electron chi connectivity index (χ4n) is 2.39. The highest BCUT2D eigenvalue weighted by Crippen LogP contribution is 2.31. The second-order valence-corrected chi connectivity index (χ2v) is 6.88. The Morgan fingerprint density at radius 1 is 1.15 bits per heavy atom. The molecular weight excluding hydrogens is 369 g/mol. The van der Waals surface area contributed by atoms with Crippen molar-refractivity contribution < 1.29 is 9.53 Å². The van der Waals surface area contributed by atoms with Crippen LogP contribution in [0.25, 0.3) is 11.8 Å². The fourth-order valence-corrected chi connectivity index (χ4v) is 2.99. The maximum Gasteiger partial charge on any atom is 0.166 e. The number of hydrogen-bond donors (Lipinski definition) is 1. The number of hydrogen-bond acceptors (Lipinski definition) is 3. The van der Waals surface area contributed by atoms with E-state index in [2.05, 4.69) is 6.58 Å². The minimum Gasteiger partial charge on any atom is -0.489 e. The van der Waals surface area contributed by atoms with Crippen LogP contribution in [0.3, 0.4) is 0 Å². The summed E-state index contributed by atoms with van der Waals surface area (Å²) in [6, 6.07) is 12.5. The van der Waals surface area contributed by atoms with Crippen LogP contribution in [-0.4, -0.2) is 12.4 Å². The first-order chi connectivity index (χ1) is 12.3. The van der Waals surface area contributed by atoms with E-state index >= 15 is 0 Å². The number of ether oxygens (including phenoxy) is 1. The molecule has 0 aliphatic heterocycles. The molecule has 0 aromatic heterocycles. The molecule has 0 aliphatic carbocycles. The summed E-state index contributed by atoms with van der Waals surface area (Å²) in [5, 5.41) is 0.777. The molecule has 2 aromatic rings. The molecule has 5 heteroatoms. The van der Waals surface area contributed by atoms with Crippen molar-refractivity contribution in [3.05, 3.63) is 75.8 Å². The average molecular weight is 390 g/mol. The van der Waals surface area contributed by atoms with Gasteiger partial charge in [0.05, 0.1) is 21.3 Å². The van der Waals surface area contributed by atoms with Gasteiger partial charge in [-0.05, 0) is 29.8 Å². The molecular formula is C21H21Cl2NO2. The van der Waals surface area contributed by atoms with Crippen LogP contribution in [0.15, 0.2) is 54.6 Å². The molecule has 0 amide bonds. The van der Waals surface area contributed by atoms with E-state index in [4.69, 9.17) is 33.7 Å². The normalized spacial score (nSPS) is 11.9. The summed E-state index contributed by atoms with van der Waals surface area (Å²) >= 11 is 12.5. The van der Waals surface area contributed by atoms with E-state index in [0.29, 0.717) is 26.9 Å². The average Bonchev–Trinajstić information content (AvgIpc) is 2.62. The van der Waals surface area contributed by atoms with Gasteiger partial charge in [0.2, 0.25) is 0 Å². The summed E-state index contributed by atoms with van der Waals surface area (Å²) in [5.74, 6) is 0.278. The molecule has 2 rings (SSSR count). The van der Waals surface area contributed by atoms with E-state index in [1.165, 1.54) is 0 Å². The zero-order chi connectivity index (χ0) is 19.3. The molecule has 136 valence electrons. The number of Topliss-reactive ketones (excluding diaryl/α,β-unsaturated/α-hetero) is 1. The van der Waals surface area contributed by atoms with E-state index in [1.807, 2.05) is 38.1 Å². The zero-order valence-electron chi connectivity index (χ0n) is 14.8. The van der Waals surface area contributed by atoms with Gasteiger partial charge in [0.25, 0.3) is 0 Å². The molecule has 0 atom stereocenters. The third-order valence-corrected chi connectivity index (χ3v) is 4.51. The third-order valence-electron chi connectivity index (χ3n) is 3.88. The first-order valence-electron chi connectivity index (χ1n) is 8.17. The molecule has 0 bridgehead atoms. The smallest absolute Gasteiger partial charge is 0.166 e. The number of carbonyl (C=O) groups excluding carboxylic acids is 1. The number of halogens is 2. The van der Waals surface area contributed by atoms with E-state index < -0.39 is 0 Å². The second-order valence-electron chi connectivity index (χ2n) is 6.07. The fraction of sp³-hybridized carbons (Fsp3) is 0.190. The lowest BCUT2D eigenvalue weighted by Gasteiger charge is -2.16. The molecule has 0 fully saturated rings. The maximum atomic E-state index is 12.7. The highest BCUT2D eigenvalue weighted by Gasteiger charge is 2.21. The second kappa shape index (κ2) is 8.93. The van der Waals surface area contributed by atoms with Gasteiger partial charge in [0.1, 0.15) is 12.4 Å². The lowest BCUT2D eigenvalue weighted by molar-refractivity contribution is -0.118. The van der Waals surface area contributed by atoms with Crippen LogP contribution < -0.4 is 10.5 Å². The molecule has 0 saturated heterocycles. The Hall–Kier alpha value is -2.23. The minimum atomic E-state index is -0.239. The van der Waals surface area contributed by atoms with Gasteiger partial charge in [-0.2, -0.15) is 0 Å². The largest absolute Gasteiger partial charge is 0.489 e. The van der Waals surface area contributed by atoms with Crippen molar-refractivity contribution >= 4 is 40.8 Å². The van der Waals surface area contributed by atoms with Gasteiger partial charge in [-0.25, -0.2) is 0 Å². The van der Waals surface area contributed by atoms with Crippen LogP contribution in [0, 0.1) is 5.92 Å². The van der Waals surface area contributed by atoms with Crippen LogP contribution in [0.4, 0.5) is 0 Å². The lowest BCUT2D eigenvalue weighted by Crippen LogP contribution is -2.21. The molecule has 26 heavy (non-hydrogen) atoms. The molecule has 2 aromatic carbocycles. The van der Waals surface area contributed by atoms with Gasteiger partial charge in [-0.1, -0.05) is 67.9 Å². The topological polar surface area (TPSA) is 52.3 Å². The molecule has 0 heterocycles. The predicted molar refractivity (Wildman–Crippen MR) is 109 cm³/mol. The molecule has 0 aliphatic rings. The quantitative estimate of drug-likeness (QED) is 0.625. The van der Waals surface area contributed by atoms with Crippen LogP contribution in [0.2, 0.25) is 10.0 Å². The maximum absolute atomic E-state index is 12.7. The van der Waals surface area contributed by atoms with Crippen LogP contribution in [0.1, 0.15) is 25.0 Å². The molecule has 2 N–H and O–H groups in total. The zero-order valence-corrected chi connectivity index (χ0v) is 16.3. The Labute approximate surface area is 164 Å². The highest BCUT2D eigenvalue weighted by molar-refractivity contribution is 6.37. The SMILES string of the molecule is C=Cc1ccc(OCC(C(=O)C(C)C)=C(N)c2c(Cl)cccc2Cl)cc1. The molecule has 3 nitrogen and oxygen atoms in total. The summed E-state index contributed by atoms with van der Waals surface area (Å²) in [6.07, 6.45) is 1.74. The lowest BCUT2D eigenvalue weighted by atomic mass is 9.97.